The Balaban J connectivity index is 2.92. The van der Waals surface area contributed by atoms with Gasteiger partial charge in [0.2, 0.25) is 0 Å². The van der Waals surface area contributed by atoms with Gasteiger partial charge in [0.05, 0.1) is 0 Å². The lowest BCUT2D eigenvalue weighted by atomic mass is 10.1. The minimum absolute atomic E-state index is 0.00719. The Labute approximate surface area is 102 Å². The molecule has 0 aromatic heterocycles. The quantitative estimate of drug-likeness (QED) is 0.814. The molecule has 1 amide bonds. The van der Waals surface area contributed by atoms with Crippen LogP contribution < -0.4 is 5.32 Å². The first-order valence-electron chi connectivity index (χ1n) is 5.00. The number of benzene rings is 1. The molecule has 0 bridgehead atoms. The van der Waals surface area contributed by atoms with Crippen molar-refractivity contribution >= 4 is 17.6 Å². The van der Waals surface area contributed by atoms with Crippen LogP contribution in [0.3, 0.4) is 0 Å². The molecule has 1 aromatic carbocycles. The van der Waals surface area contributed by atoms with Crippen molar-refractivity contribution in [1.82, 2.24) is 0 Å². The van der Waals surface area contributed by atoms with E-state index in [9.17, 15) is 18.4 Å². The number of carboxylic acid groups (broad SMARTS) is 1. The third kappa shape index (κ3) is 3.13. The zero-order valence-corrected chi connectivity index (χ0v) is 9.75. The Hall–Kier alpha value is -2.24. The van der Waals surface area contributed by atoms with Crippen LogP contribution in [0, 0.1) is 11.6 Å². The van der Waals surface area contributed by atoms with Gasteiger partial charge in [-0.25, -0.2) is 13.6 Å². The first-order chi connectivity index (χ1) is 8.32. The van der Waals surface area contributed by atoms with E-state index in [1.54, 1.807) is 0 Å². The lowest BCUT2D eigenvalue weighted by Crippen LogP contribution is -2.16. The van der Waals surface area contributed by atoms with Crippen LogP contribution >= 0.6 is 0 Å². The van der Waals surface area contributed by atoms with Gasteiger partial charge in [0.1, 0.15) is 0 Å². The second-order valence-electron chi connectivity index (χ2n) is 3.64. The van der Waals surface area contributed by atoms with Gasteiger partial charge in [0.25, 0.3) is 5.91 Å². The molecule has 0 aliphatic rings. The molecule has 0 saturated carbocycles. The minimum atomic E-state index is -1.21. The number of carbonyl (C=O) groups is 2. The van der Waals surface area contributed by atoms with Crippen LogP contribution in [0.15, 0.2) is 29.3 Å². The van der Waals surface area contributed by atoms with E-state index in [1.807, 2.05) is 0 Å². The van der Waals surface area contributed by atoms with Gasteiger partial charge >= 0.3 is 5.97 Å². The average molecular weight is 255 g/mol. The Bertz CT molecular complexity index is 538. The van der Waals surface area contributed by atoms with Crippen molar-refractivity contribution in [3.63, 3.8) is 0 Å². The lowest BCUT2D eigenvalue weighted by Gasteiger charge is -2.07. The predicted molar refractivity (Wildman–Crippen MR) is 61.0 cm³/mol. The summed E-state index contributed by atoms with van der Waals surface area (Å²) in [6.45, 7) is 2.61. The molecule has 1 rings (SSSR count). The van der Waals surface area contributed by atoms with Gasteiger partial charge in [-0.3, -0.25) is 4.79 Å². The van der Waals surface area contributed by atoms with Gasteiger partial charge in [-0.05, 0) is 26.0 Å². The highest BCUT2D eigenvalue weighted by atomic mass is 19.2. The van der Waals surface area contributed by atoms with Gasteiger partial charge in [-0.2, -0.15) is 0 Å². The van der Waals surface area contributed by atoms with Crippen LogP contribution in [0.1, 0.15) is 13.8 Å². The van der Waals surface area contributed by atoms with E-state index in [1.165, 1.54) is 19.9 Å². The number of carboxylic acids is 1. The molecule has 0 aliphatic heterocycles. The number of aliphatic carboxylic acids is 1. The molecule has 0 atom stereocenters. The second-order valence-corrected chi connectivity index (χ2v) is 3.64. The molecule has 1 aromatic rings. The van der Waals surface area contributed by atoms with Crippen molar-refractivity contribution in [3.05, 3.63) is 41.0 Å². The molecular weight excluding hydrogens is 244 g/mol. The molecule has 0 radical (unpaired) electrons. The maximum atomic E-state index is 12.9. The van der Waals surface area contributed by atoms with Crippen molar-refractivity contribution in [3.8, 4) is 0 Å². The summed E-state index contributed by atoms with van der Waals surface area (Å²) in [5.74, 6) is -4.01. The maximum Gasteiger partial charge on any atom is 0.331 e. The molecule has 0 spiro atoms. The second kappa shape index (κ2) is 5.39. The molecule has 18 heavy (non-hydrogen) atoms. The maximum absolute atomic E-state index is 12.9. The highest BCUT2D eigenvalue weighted by Crippen LogP contribution is 2.14. The average Bonchev–Trinajstić information content (AvgIpc) is 2.31. The number of halogens is 2. The fourth-order valence-electron chi connectivity index (χ4n) is 1.13. The fourth-order valence-corrected chi connectivity index (χ4v) is 1.13. The van der Waals surface area contributed by atoms with Crippen LogP contribution in [0.25, 0.3) is 0 Å². The normalized spacial score (nSPS) is 11.8. The van der Waals surface area contributed by atoms with Crippen molar-refractivity contribution in [2.75, 3.05) is 5.32 Å². The molecule has 4 nitrogen and oxygen atoms in total. The summed E-state index contributed by atoms with van der Waals surface area (Å²) in [4.78, 5) is 22.3. The summed E-state index contributed by atoms with van der Waals surface area (Å²) < 4.78 is 25.5. The molecule has 6 heteroatoms. The van der Waals surface area contributed by atoms with Gasteiger partial charge in [-0.1, -0.05) is 0 Å². The Morgan fingerprint density at radius 3 is 2.22 bits per heavy atom. The van der Waals surface area contributed by atoms with Crippen molar-refractivity contribution < 1.29 is 23.5 Å². The van der Waals surface area contributed by atoms with Gasteiger partial charge in [-0.15, -0.1) is 0 Å². The zero-order chi connectivity index (χ0) is 13.9. The van der Waals surface area contributed by atoms with E-state index in [-0.39, 0.29) is 16.8 Å². The third-order valence-corrected chi connectivity index (χ3v) is 2.40. The molecule has 0 fully saturated rings. The first-order valence-corrected chi connectivity index (χ1v) is 5.00. The van der Waals surface area contributed by atoms with E-state index in [2.05, 4.69) is 5.32 Å². The van der Waals surface area contributed by atoms with Gasteiger partial charge in [0.15, 0.2) is 11.6 Å². The number of hydrogen-bond acceptors (Lipinski definition) is 2. The van der Waals surface area contributed by atoms with Crippen molar-refractivity contribution in [1.29, 1.82) is 0 Å². The summed E-state index contributed by atoms with van der Waals surface area (Å²) in [5.41, 5.74) is -0.0706. The number of hydrogen-bond donors (Lipinski definition) is 2. The van der Waals surface area contributed by atoms with Gasteiger partial charge in [0, 0.05) is 22.9 Å². The highest BCUT2D eigenvalue weighted by Gasteiger charge is 2.13. The summed E-state index contributed by atoms with van der Waals surface area (Å²) in [7, 11) is 0. The Kier molecular flexibility index (Phi) is 4.14. The number of anilines is 1. The minimum Gasteiger partial charge on any atom is -0.478 e. The summed E-state index contributed by atoms with van der Waals surface area (Å²) in [6.07, 6.45) is 0. The fraction of sp³-hybridized carbons (Fsp3) is 0.167. The topological polar surface area (TPSA) is 66.4 Å². The molecule has 0 saturated heterocycles. The molecule has 2 N–H and O–H groups in total. The third-order valence-electron chi connectivity index (χ3n) is 2.40. The molecule has 0 unspecified atom stereocenters. The number of nitrogens with one attached hydrogen (secondary N) is 1. The smallest absolute Gasteiger partial charge is 0.331 e. The molecule has 96 valence electrons. The highest BCUT2D eigenvalue weighted by molar-refractivity contribution is 6.08. The lowest BCUT2D eigenvalue weighted by molar-refractivity contribution is -0.133. The predicted octanol–water partition coefficient (Wildman–Crippen LogP) is 2.32. The van der Waals surface area contributed by atoms with Crippen LogP contribution in [-0.2, 0) is 9.59 Å². The first kappa shape index (κ1) is 13.8. The zero-order valence-electron chi connectivity index (χ0n) is 9.75. The standard InChI is InChI=1S/C12H11F2NO3/c1-6(7(2)12(17)18)11(16)15-8-3-4-9(13)10(14)5-8/h3-5H,1-2H3,(H,15,16)(H,17,18). The molecule has 0 heterocycles. The summed E-state index contributed by atoms with van der Waals surface area (Å²) >= 11 is 0. The summed E-state index contributed by atoms with van der Waals surface area (Å²) in [5, 5.41) is 11.0. The van der Waals surface area contributed by atoms with Crippen molar-refractivity contribution in [2.45, 2.75) is 13.8 Å². The van der Waals surface area contributed by atoms with Crippen LogP contribution in [-0.4, -0.2) is 17.0 Å². The number of amides is 1. The van der Waals surface area contributed by atoms with Gasteiger partial charge < -0.3 is 10.4 Å². The monoisotopic (exact) mass is 255 g/mol. The van der Waals surface area contributed by atoms with Crippen LogP contribution in [0.2, 0.25) is 0 Å². The number of rotatable bonds is 3. The van der Waals surface area contributed by atoms with E-state index < -0.39 is 23.5 Å². The Morgan fingerprint density at radius 2 is 1.72 bits per heavy atom. The van der Waals surface area contributed by atoms with Crippen LogP contribution in [0.4, 0.5) is 14.5 Å². The SMILES string of the molecule is CC(C(=O)O)=C(C)C(=O)Nc1ccc(F)c(F)c1. The summed E-state index contributed by atoms with van der Waals surface area (Å²) in [6, 6.07) is 2.87. The Morgan fingerprint density at radius 1 is 1.11 bits per heavy atom. The largest absolute Gasteiger partial charge is 0.478 e. The van der Waals surface area contributed by atoms with Crippen LogP contribution in [0.5, 0.6) is 0 Å². The number of carbonyl (C=O) groups excluding carboxylic acids is 1. The molecule has 0 aliphatic carbocycles. The van der Waals surface area contributed by atoms with E-state index >= 15 is 0 Å². The van der Waals surface area contributed by atoms with Crippen molar-refractivity contribution in [2.24, 2.45) is 0 Å². The van der Waals surface area contributed by atoms with E-state index in [0.29, 0.717) is 0 Å². The molecular formula is C12H11F2NO3. The van der Waals surface area contributed by atoms with E-state index in [4.69, 9.17) is 5.11 Å². The van der Waals surface area contributed by atoms with E-state index in [0.717, 1.165) is 12.1 Å².